The highest BCUT2D eigenvalue weighted by atomic mass is 127. The van der Waals surface area contributed by atoms with Gasteiger partial charge in [-0.05, 0) is 62.6 Å². The maximum Gasteiger partial charge on any atom is 0.219 e. The number of nitrogens with one attached hydrogen (secondary N) is 2. The summed E-state index contributed by atoms with van der Waals surface area (Å²) in [6.45, 7) is 6.83. The zero-order valence-corrected chi connectivity index (χ0v) is 21.3. The Labute approximate surface area is 205 Å². The van der Waals surface area contributed by atoms with Crippen molar-refractivity contribution in [3.8, 4) is 11.6 Å². The molecule has 0 saturated carbocycles. The molecule has 9 heteroatoms. The fraction of sp³-hybridized carbons (Fsp3) is 0.348. The fourth-order valence-electron chi connectivity index (χ4n) is 3.28. The van der Waals surface area contributed by atoms with Crippen LogP contribution in [0.2, 0.25) is 0 Å². The quantitative estimate of drug-likeness (QED) is 0.260. The van der Waals surface area contributed by atoms with Crippen LogP contribution in [0.5, 0.6) is 11.6 Å². The van der Waals surface area contributed by atoms with Gasteiger partial charge in [-0.15, -0.1) is 24.0 Å². The number of nitrogens with zero attached hydrogens (tertiary/aromatic N) is 4. The van der Waals surface area contributed by atoms with E-state index in [1.165, 1.54) is 23.4 Å². The Morgan fingerprint density at radius 3 is 2.47 bits per heavy atom. The first-order valence-electron chi connectivity index (χ1n) is 10.2. The minimum Gasteiger partial charge on any atom is -0.439 e. The Balaban J connectivity index is 0.00000363. The van der Waals surface area contributed by atoms with Crippen molar-refractivity contribution in [2.75, 3.05) is 7.05 Å². The average molecular weight is 552 g/mol. The van der Waals surface area contributed by atoms with Crippen molar-refractivity contribution in [1.29, 1.82) is 0 Å². The molecule has 0 spiro atoms. The zero-order chi connectivity index (χ0) is 22.4. The summed E-state index contributed by atoms with van der Waals surface area (Å²) in [5.41, 5.74) is 4.49. The molecule has 2 aromatic heterocycles. The number of aryl methyl sites for hydroxylation is 2. The van der Waals surface area contributed by atoms with Crippen molar-refractivity contribution < 1.29 is 9.13 Å². The summed E-state index contributed by atoms with van der Waals surface area (Å²) in [7, 11) is 3.72. The van der Waals surface area contributed by atoms with Gasteiger partial charge in [0, 0.05) is 44.6 Å². The second-order valence-electron chi connectivity index (χ2n) is 7.51. The van der Waals surface area contributed by atoms with E-state index in [-0.39, 0.29) is 35.8 Å². The van der Waals surface area contributed by atoms with E-state index >= 15 is 0 Å². The first-order valence-corrected chi connectivity index (χ1v) is 10.2. The summed E-state index contributed by atoms with van der Waals surface area (Å²) in [6.07, 6.45) is 2.61. The largest absolute Gasteiger partial charge is 0.439 e. The average Bonchev–Trinajstić information content (AvgIpc) is 2.99. The zero-order valence-electron chi connectivity index (χ0n) is 19.0. The van der Waals surface area contributed by atoms with Gasteiger partial charge in [-0.1, -0.05) is 6.07 Å². The maximum atomic E-state index is 13.0. The van der Waals surface area contributed by atoms with Crippen LogP contribution < -0.4 is 15.4 Å². The SMILES string of the molecule is CN=C(NCc1ccc(Oc2ccc(F)cc2)nc1)NC(C)Cc1c(C)nn(C)c1C.I. The second-order valence-corrected chi connectivity index (χ2v) is 7.51. The molecule has 32 heavy (non-hydrogen) atoms. The molecule has 2 heterocycles. The van der Waals surface area contributed by atoms with Crippen LogP contribution in [0.4, 0.5) is 4.39 Å². The minimum atomic E-state index is -0.302. The molecule has 0 saturated heterocycles. The summed E-state index contributed by atoms with van der Waals surface area (Å²) < 4.78 is 20.5. The van der Waals surface area contributed by atoms with E-state index in [0.29, 0.717) is 18.2 Å². The van der Waals surface area contributed by atoms with E-state index in [2.05, 4.69) is 39.6 Å². The molecule has 172 valence electrons. The third-order valence-electron chi connectivity index (χ3n) is 5.07. The smallest absolute Gasteiger partial charge is 0.219 e. The Hall–Kier alpha value is -2.69. The van der Waals surface area contributed by atoms with Crippen molar-refractivity contribution in [2.45, 2.75) is 39.8 Å². The number of pyridine rings is 1. The van der Waals surface area contributed by atoms with Crippen LogP contribution in [0.3, 0.4) is 0 Å². The van der Waals surface area contributed by atoms with Gasteiger partial charge in [0.05, 0.1) is 5.69 Å². The molecule has 0 bridgehead atoms. The molecular formula is C23H30FIN6O. The van der Waals surface area contributed by atoms with E-state index in [9.17, 15) is 4.39 Å². The van der Waals surface area contributed by atoms with E-state index in [1.807, 2.05) is 24.7 Å². The molecule has 0 aliphatic carbocycles. The van der Waals surface area contributed by atoms with Gasteiger partial charge in [0.25, 0.3) is 0 Å². The molecule has 3 aromatic rings. The summed E-state index contributed by atoms with van der Waals surface area (Å²) in [5.74, 6) is 1.41. The number of rotatable bonds is 7. The van der Waals surface area contributed by atoms with Crippen molar-refractivity contribution >= 4 is 29.9 Å². The van der Waals surface area contributed by atoms with E-state index in [4.69, 9.17) is 4.74 Å². The summed E-state index contributed by atoms with van der Waals surface area (Å²) in [4.78, 5) is 8.63. The molecule has 0 aliphatic rings. The first kappa shape index (κ1) is 25.6. The molecule has 3 rings (SSSR count). The summed E-state index contributed by atoms with van der Waals surface area (Å²) in [5, 5.41) is 11.2. The first-order chi connectivity index (χ1) is 14.9. The molecule has 0 amide bonds. The predicted octanol–water partition coefficient (Wildman–Crippen LogP) is 4.28. The Bertz CT molecular complexity index is 1030. The summed E-state index contributed by atoms with van der Waals surface area (Å²) in [6, 6.07) is 9.74. The van der Waals surface area contributed by atoms with Crippen LogP contribution in [-0.2, 0) is 20.0 Å². The van der Waals surface area contributed by atoms with Crippen molar-refractivity contribution in [2.24, 2.45) is 12.0 Å². The molecule has 0 fully saturated rings. The number of aromatic nitrogens is 3. The van der Waals surface area contributed by atoms with Crippen LogP contribution in [0, 0.1) is 19.7 Å². The molecule has 1 atom stereocenters. The topological polar surface area (TPSA) is 76.4 Å². The van der Waals surface area contributed by atoms with Crippen molar-refractivity contribution in [1.82, 2.24) is 25.4 Å². The lowest BCUT2D eigenvalue weighted by molar-refractivity contribution is 0.461. The number of hydrogen-bond acceptors (Lipinski definition) is 4. The highest BCUT2D eigenvalue weighted by Gasteiger charge is 2.14. The van der Waals surface area contributed by atoms with Gasteiger partial charge in [-0.25, -0.2) is 9.37 Å². The van der Waals surface area contributed by atoms with Crippen LogP contribution in [0.25, 0.3) is 0 Å². The van der Waals surface area contributed by atoms with Gasteiger partial charge in [-0.2, -0.15) is 5.10 Å². The predicted molar refractivity (Wildman–Crippen MR) is 135 cm³/mol. The van der Waals surface area contributed by atoms with Crippen LogP contribution in [-0.4, -0.2) is 33.8 Å². The lowest BCUT2D eigenvalue weighted by Gasteiger charge is -2.18. The van der Waals surface area contributed by atoms with Crippen LogP contribution in [0.1, 0.15) is 29.4 Å². The second kappa shape index (κ2) is 11.8. The van der Waals surface area contributed by atoms with Crippen molar-refractivity contribution in [3.05, 3.63) is 70.9 Å². The van der Waals surface area contributed by atoms with E-state index in [0.717, 1.165) is 23.6 Å². The lowest BCUT2D eigenvalue weighted by atomic mass is 10.1. The maximum absolute atomic E-state index is 13.0. The Morgan fingerprint density at radius 2 is 1.91 bits per heavy atom. The number of guanidine groups is 1. The van der Waals surface area contributed by atoms with Gasteiger partial charge >= 0.3 is 0 Å². The van der Waals surface area contributed by atoms with Crippen LogP contribution >= 0.6 is 24.0 Å². The Kier molecular flexibility index (Phi) is 9.42. The van der Waals surface area contributed by atoms with Crippen LogP contribution in [0.15, 0.2) is 47.6 Å². The van der Waals surface area contributed by atoms with Gasteiger partial charge in [0.15, 0.2) is 5.96 Å². The van der Waals surface area contributed by atoms with Crippen molar-refractivity contribution in [3.63, 3.8) is 0 Å². The molecule has 0 radical (unpaired) electrons. The third kappa shape index (κ3) is 6.91. The lowest BCUT2D eigenvalue weighted by Crippen LogP contribution is -2.42. The monoisotopic (exact) mass is 552 g/mol. The number of benzene rings is 1. The molecule has 1 aromatic carbocycles. The van der Waals surface area contributed by atoms with E-state index < -0.39 is 0 Å². The molecule has 1 unspecified atom stereocenters. The number of aliphatic imine (C=N–C) groups is 1. The molecule has 0 aliphatic heterocycles. The van der Waals surface area contributed by atoms with Gasteiger partial charge in [0.2, 0.25) is 5.88 Å². The standard InChI is InChI=1S/C23H29FN6O.HI/c1-15(12-21-16(2)29-30(5)17(21)3)28-23(25-4)27-14-18-6-11-22(26-13-18)31-20-9-7-19(24)8-10-20;/h6-11,13,15H,12,14H2,1-5H3,(H2,25,27,28);1H. The molecular weight excluding hydrogens is 522 g/mol. The minimum absolute atomic E-state index is 0. The highest BCUT2D eigenvalue weighted by molar-refractivity contribution is 14.0. The third-order valence-corrected chi connectivity index (χ3v) is 5.07. The Morgan fingerprint density at radius 1 is 1.19 bits per heavy atom. The number of hydrogen-bond donors (Lipinski definition) is 2. The highest BCUT2D eigenvalue weighted by Crippen LogP contribution is 2.19. The number of ether oxygens (including phenoxy) is 1. The van der Waals surface area contributed by atoms with Gasteiger partial charge < -0.3 is 15.4 Å². The van der Waals surface area contributed by atoms with Gasteiger partial charge in [-0.3, -0.25) is 9.67 Å². The normalized spacial score (nSPS) is 12.1. The van der Waals surface area contributed by atoms with E-state index in [1.54, 1.807) is 31.4 Å². The summed E-state index contributed by atoms with van der Waals surface area (Å²) >= 11 is 0. The fourth-order valence-corrected chi connectivity index (χ4v) is 3.28. The molecule has 2 N–H and O–H groups in total. The number of halogens is 2. The molecule has 7 nitrogen and oxygen atoms in total. The van der Waals surface area contributed by atoms with Gasteiger partial charge in [0.1, 0.15) is 11.6 Å².